The summed E-state index contributed by atoms with van der Waals surface area (Å²) in [5, 5.41) is 5.31. The van der Waals surface area contributed by atoms with Crippen LogP contribution in [0, 0.1) is 5.92 Å². The molecule has 0 aliphatic heterocycles. The minimum Gasteiger partial charge on any atom is -0.348 e. The number of amides is 2. The molecule has 0 radical (unpaired) electrons. The minimum atomic E-state index is -0.599. The van der Waals surface area contributed by atoms with Gasteiger partial charge >= 0.3 is 0 Å². The van der Waals surface area contributed by atoms with Gasteiger partial charge in [0.05, 0.1) is 18.6 Å². The molecular formula is C14H22N4O2. The average Bonchev–Trinajstić information content (AvgIpc) is 2.44. The third-order valence-electron chi connectivity index (χ3n) is 3.01. The van der Waals surface area contributed by atoms with Crippen LogP contribution in [0.25, 0.3) is 0 Å². The molecule has 20 heavy (non-hydrogen) atoms. The molecule has 0 aromatic carbocycles. The van der Waals surface area contributed by atoms with Crippen LogP contribution < -0.4 is 16.4 Å². The first-order valence-corrected chi connectivity index (χ1v) is 6.64. The van der Waals surface area contributed by atoms with Gasteiger partial charge in [0, 0.05) is 12.4 Å². The molecule has 0 aliphatic rings. The Balaban J connectivity index is 2.39. The first kappa shape index (κ1) is 16.1. The van der Waals surface area contributed by atoms with Crippen LogP contribution in [0.1, 0.15) is 32.4 Å². The Hall–Kier alpha value is -1.95. The van der Waals surface area contributed by atoms with Crippen molar-refractivity contribution in [3.05, 3.63) is 30.1 Å². The fraction of sp³-hybridized carbons (Fsp3) is 0.500. The van der Waals surface area contributed by atoms with Crippen LogP contribution in [0.5, 0.6) is 0 Å². The van der Waals surface area contributed by atoms with Gasteiger partial charge in [-0.05, 0) is 24.5 Å². The molecule has 0 fully saturated rings. The number of carbonyl (C=O) groups is 2. The van der Waals surface area contributed by atoms with E-state index in [0.717, 1.165) is 5.56 Å². The maximum atomic E-state index is 11.7. The zero-order valence-corrected chi connectivity index (χ0v) is 12.1. The molecule has 6 nitrogen and oxygen atoms in total. The highest BCUT2D eigenvalue weighted by molar-refractivity contribution is 5.87. The van der Waals surface area contributed by atoms with Crippen molar-refractivity contribution in [1.29, 1.82) is 0 Å². The Morgan fingerprint density at radius 3 is 2.60 bits per heavy atom. The highest BCUT2D eigenvalue weighted by atomic mass is 16.2. The van der Waals surface area contributed by atoms with Gasteiger partial charge in [0.25, 0.3) is 0 Å². The Kier molecular flexibility index (Phi) is 6.11. The van der Waals surface area contributed by atoms with E-state index >= 15 is 0 Å². The first-order valence-electron chi connectivity index (χ1n) is 6.64. The van der Waals surface area contributed by atoms with Crippen LogP contribution in [0.4, 0.5) is 0 Å². The molecule has 2 atom stereocenters. The molecule has 1 heterocycles. The number of hydrogen-bond donors (Lipinski definition) is 3. The lowest BCUT2D eigenvalue weighted by molar-refractivity contribution is -0.127. The predicted molar refractivity (Wildman–Crippen MR) is 76.6 cm³/mol. The molecule has 110 valence electrons. The van der Waals surface area contributed by atoms with E-state index < -0.39 is 6.04 Å². The molecule has 1 aromatic heterocycles. The van der Waals surface area contributed by atoms with E-state index in [2.05, 4.69) is 15.6 Å². The lowest BCUT2D eigenvalue weighted by Gasteiger charge is -2.17. The summed E-state index contributed by atoms with van der Waals surface area (Å²) < 4.78 is 0. The zero-order valence-electron chi connectivity index (χ0n) is 12.1. The number of nitrogens with one attached hydrogen (secondary N) is 2. The summed E-state index contributed by atoms with van der Waals surface area (Å²) in [6.45, 7) is 5.49. The topological polar surface area (TPSA) is 97.1 Å². The van der Waals surface area contributed by atoms with Crippen molar-refractivity contribution in [3.63, 3.8) is 0 Å². The molecule has 4 N–H and O–H groups in total. The van der Waals surface area contributed by atoms with Gasteiger partial charge in [0.2, 0.25) is 11.8 Å². The van der Waals surface area contributed by atoms with Gasteiger partial charge in [0.1, 0.15) is 0 Å². The van der Waals surface area contributed by atoms with Crippen molar-refractivity contribution in [2.45, 2.75) is 32.9 Å². The fourth-order valence-electron chi connectivity index (χ4n) is 1.60. The highest BCUT2D eigenvalue weighted by Gasteiger charge is 2.18. The lowest BCUT2D eigenvalue weighted by Crippen LogP contribution is -2.47. The molecule has 0 aliphatic carbocycles. The largest absolute Gasteiger partial charge is 0.348 e. The molecular weight excluding hydrogens is 256 g/mol. The number of rotatable bonds is 6. The minimum absolute atomic E-state index is 0.0346. The van der Waals surface area contributed by atoms with Gasteiger partial charge in [0.15, 0.2) is 0 Å². The van der Waals surface area contributed by atoms with Crippen LogP contribution in [-0.2, 0) is 9.59 Å². The van der Waals surface area contributed by atoms with Gasteiger partial charge in [-0.25, -0.2) is 0 Å². The van der Waals surface area contributed by atoms with E-state index in [9.17, 15) is 9.59 Å². The number of carbonyl (C=O) groups excluding carboxylic acids is 2. The SMILES string of the molecule is CC(C)[C@H](N)C(=O)NCC(=O)N[C@H](C)c1cccnc1. The Bertz CT molecular complexity index is 448. The second-order valence-electron chi connectivity index (χ2n) is 5.06. The maximum Gasteiger partial charge on any atom is 0.239 e. The second-order valence-corrected chi connectivity index (χ2v) is 5.06. The summed E-state index contributed by atoms with van der Waals surface area (Å²) >= 11 is 0. The number of hydrogen-bond acceptors (Lipinski definition) is 4. The highest BCUT2D eigenvalue weighted by Crippen LogP contribution is 2.09. The summed E-state index contributed by atoms with van der Waals surface area (Å²) in [7, 11) is 0. The standard InChI is InChI=1S/C14H22N4O2/c1-9(2)13(15)14(20)17-8-12(19)18-10(3)11-5-4-6-16-7-11/h4-7,9-10,13H,8,15H2,1-3H3,(H,17,20)(H,18,19)/t10-,13+/m1/s1. The van der Waals surface area contributed by atoms with E-state index in [4.69, 9.17) is 5.73 Å². The molecule has 0 spiro atoms. The molecule has 0 unspecified atom stereocenters. The van der Waals surface area contributed by atoms with Gasteiger partial charge in [-0.1, -0.05) is 19.9 Å². The van der Waals surface area contributed by atoms with E-state index in [1.165, 1.54) is 0 Å². The number of pyridine rings is 1. The second kappa shape index (κ2) is 7.59. The summed E-state index contributed by atoms with van der Waals surface area (Å²) in [5.74, 6) is -0.540. The van der Waals surface area contributed by atoms with Gasteiger partial charge in [-0.2, -0.15) is 0 Å². The van der Waals surface area contributed by atoms with Crippen molar-refractivity contribution in [2.24, 2.45) is 11.7 Å². The van der Waals surface area contributed by atoms with Gasteiger partial charge in [-0.3, -0.25) is 14.6 Å². The number of nitrogens with zero attached hydrogens (tertiary/aromatic N) is 1. The normalized spacial score (nSPS) is 13.7. The molecule has 0 bridgehead atoms. The number of aromatic nitrogens is 1. The van der Waals surface area contributed by atoms with Crippen LogP contribution in [0.15, 0.2) is 24.5 Å². The van der Waals surface area contributed by atoms with Crippen molar-refractivity contribution < 1.29 is 9.59 Å². The van der Waals surface area contributed by atoms with Crippen molar-refractivity contribution >= 4 is 11.8 Å². The van der Waals surface area contributed by atoms with Crippen molar-refractivity contribution in [2.75, 3.05) is 6.54 Å². The number of nitrogens with two attached hydrogens (primary N) is 1. The molecule has 1 aromatic rings. The van der Waals surface area contributed by atoms with Crippen LogP contribution in [0.3, 0.4) is 0 Å². The van der Waals surface area contributed by atoms with E-state index in [1.54, 1.807) is 18.5 Å². The third kappa shape index (κ3) is 4.97. The third-order valence-corrected chi connectivity index (χ3v) is 3.01. The summed E-state index contributed by atoms with van der Waals surface area (Å²) in [6, 6.07) is 2.93. The monoisotopic (exact) mass is 278 g/mol. The van der Waals surface area contributed by atoms with Crippen LogP contribution >= 0.6 is 0 Å². The van der Waals surface area contributed by atoms with Crippen LogP contribution in [0.2, 0.25) is 0 Å². The lowest BCUT2D eigenvalue weighted by atomic mass is 10.1. The van der Waals surface area contributed by atoms with Crippen LogP contribution in [-0.4, -0.2) is 29.4 Å². The summed E-state index contributed by atoms with van der Waals surface area (Å²) in [4.78, 5) is 27.3. The molecule has 1 rings (SSSR count). The van der Waals surface area contributed by atoms with E-state index in [-0.39, 0.29) is 30.3 Å². The van der Waals surface area contributed by atoms with E-state index in [0.29, 0.717) is 0 Å². The fourth-order valence-corrected chi connectivity index (χ4v) is 1.60. The van der Waals surface area contributed by atoms with Gasteiger partial charge in [-0.15, -0.1) is 0 Å². The molecule has 0 saturated heterocycles. The summed E-state index contributed by atoms with van der Waals surface area (Å²) in [6.07, 6.45) is 3.36. The predicted octanol–water partition coefficient (Wildman–Crippen LogP) is 0.358. The quantitative estimate of drug-likeness (QED) is 0.700. The van der Waals surface area contributed by atoms with Crippen molar-refractivity contribution in [3.8, 4) is 0 Å². The van der Waals surface area contributed by atoms with Gasteiger partial charge < -0.3 is 16.4 Å². The molecule has 2 amide bonds. The Morgan fingerprint density at radius 1 is 1.35 bits per heavy atom. The smallest absolute Gasteiger partial charge is 0.239 e. The Morgan fingerprint density at radius 2 is 2.05 bits per heavy atom. The Labute approximate surface area is 119 Å². The molecule has 6 heteroatoms. The summed E-state index contributed by atoms with van der Waals surface area (Å²) in [5.41, 5.74) is 6.59. The zero-order chi connectivity index (χ0) is 15.1. The first-order chi connectivity index (χ1) is 9.41. The molecule has 0 saturated carbocycles. The maximum absolute atomic E-state index is 11.7. The van der Waals surface area contributed by atoms with E-state index in [1.807, 2.05) is 26.8 Å². The average molecular weight is 278 g/mol. The van der Waals surface area contributed by atoms with Crippen molar-refractivity contribution in [1.82, 2.24) is 15.6 Å².